The number of hydrogen-bond donors (Lipinski definition) is 0. The van der Waals surface area contributed by atoms with Gasteiger partial charge in [0.1, 0.15) is 5.52 Å². The number of nitrogens with zero attached hydrogens (tertiary/aromatic N) is 1. The number of ether oxygens (including phenoxy) is 1. The largest absolute Gasteiger partial charge is 0.465 e. The molecular weight excluding hydrogens is 182 g/mol. The smallest absolute Gasteiger partial charge is 0.340 e. The van der Waals surface area contributed by atoms with Gasteiger partial charge in [-0.15, -0.1) is 0 Å². The molecule has 4 heteroatoms. The number of oxazole rings is 1. The third kappa shape index (κ3) is 1.25. The normalized spacial score (nSPS) is 10.4. The van der Waals surface area contributed by atoms with Gasteiger partial charge < -0.3 is 9.15 Å². The molecule has 0 spiro atoms. The summed E-state index contributed by atoms with van der Waals surface area (Å²) in [7, 11) is 1.34. The van der Waals surface area contributed by atoms with Gasteiger partial charge in [0, 0.05) is 6.92 Å². The maximum absolute atomic E-state index is 11.3. The van der Waals surface area contributed by atoms with Gasteiger partial charge in [0.2, 0.25) is 0 Å². The minimum atomic E-state index is -0.399. The van der Waals surface area contributed by atoms with Crippen molar-refractivity contribution in [3.63, 3.8) is 0 Å². The van der Waals surface area contributed by atoms with Crippen molar-refractivity contribution in [3.8, 4) is 0 Å². The second-order valence-electron chi connectivity index (χ2n) is 2.88. The average Bonchev–Trinajstić information content (AvgIpc) is 2.56. The van der Waals surface area contributed by atoms with Crippen molar-refractivity contribution >= 4 is 17.1 Å². The number of rotatable bonds is 1. The minimum absolute atomic E-state index is 0.399. The molecule has 0 saturated carbocycles. The Morgan fingerprint density at radius 3 is 3.00 bits per heavy atom. The van der Waals surface area contributed by atoms with Gasteiger partial charge in [-0.2, -0.15) is 0 Å². The molecule has 72 valence electrons. The topological polar surface area (TPSA) is 52.3 Å². The first-order valence-corrected chi connectivity index (χ1v) is 4.17. The van der Waals surface area contributed by atoms with Crippen LogP contribution in [0.25, 0.3) is 11.1 Å². The Labute approximate surface area is 80.5 Å². The third-order valence-electron chi connectivity index (χ3n) is 1.93. The maximum atomic E-state index is 11.3. The molecule has 0 fully saturated rings. The summed E-state index contributed by atoms with van der Waals surface area (Å²) in [6.07, 6.45) is 0. The van der Waals surface area contributed by atoms with Crippen LogP contribution in [0.15, 0.2) is 22.6 Å². The van der Waals surface area contributed by atoms with Crippen LogP contribution in [-0.4, -0.2) is 18.1 Å². The molecule has 0 atom stereocenters. The lowest BCUT2D eigenvalue weighted by molar-refractivity contribution is 0.0603. The molecule has 2 rings (SSSR count). The molecule has 1 heterocycles. The Balaban J connectivity index is 2.70. The van der Waals surface area contributed by atoms with Crippen molar-refractivity contribution in [1.82, 2.24) is 4.98 Å². The van der Waals surface area contributed by atoms with Crippen LogP contribution in [-0.2, 0) is 4.74 Å². The van der Waals surface area contributed by atoms with Crippen LogP contribution in [0.2, 0.25) is 0 Å². The van der Waals surface area contributed by atoms with Gasteiger partial charge in [0.25, 0.3) is 0 Å². The monoisotopic (exact) mass is 191 g/mol. The lowest BCUT2D eigenvalue weighted by atomic mass is 10.2. The standard InChI is InChI=1S/C10H9NO3/c1-6-11-9-7(10(12)13-2)4-3-5-8(9)14-6/h3-5H,1-2H3. The van der Waals surface area contributed by atoms with Crippen LogP contribution < -0.4 is 0 Å². The second-order valence-corrected chi connectivity index (χ2v) is 2.88. The van der Waals surface area contributed by atoms with E-state index in [-0.39, 0.29) is 0 Å². The van der Waals surface area contributed by atoms with Crippen molar-refractivity contribution in [2.75, 3.05) is 7.11 Å². The van der Waals surface area contributed by atoms with E-state index in [4.69, 9.17) is 4.42 Å². The number of fused-ring (bicyclic) bond motifs is 1. The fourth-order valence-electron chi connectivity index (χ4n) is 1.33. The lowest BCUT2D eigenvalue weighted by Gasteiger charge is -1.97. The van der Waals surface area contributed by atoms with Crippen LogP contribution in [0.5, 0.6) is 0 Å². The maximum Gasteiger partial charge on any atom is 0.340 e. The number of para-hydroxylation sites is 1. The Bertz CT molecular complexity index is 487. The fraction of sp³-hybridized carbons (Fsp3) is 0.200. The van der Waals surface area contributed by atoms with Gasteiger partial charge in [-0.1, -0.05) is 6.07 Å². The number of aromatic nitrogens is 1. The van der Waals surface area contributed by atoms with Crippen molar-refractivity contribution < 1.29 is 13.9 Å². The van der Waals surface area contributed by atoms with Crippen LogP contribution in [0.3, 0.4) is 0 Å². The number of esters is 1. The summed E-state index contributed by atoms with van der Waals surface area (Å²) in [5.41, 5.74) is 1.59. The Kier molecular flexibility index (Phi) is 1.96. The summed E-state index contributed by atoms with van der Waals surface area (Å²) in [6, 6.07) is 5.16. The highest BCUT2D eigenvalue weighted by Crippen LogP contribution is 2.19. The molecule has 1 aromatic heterocycles. The van der Waals surface area contributed by atoms with Gasteiger partial charge in [-0.05, 0) is 12.1 Å². The zero-order chi connectivity index (χ0) is 10.1. The van der Waals surface area contributed by atoms with E-state index in [1.807, 2.05) is 0 Å². The zero-order valence-electron chi connectivity index (χ0n) is 7.90. The van der Waals surface area contributed by atoms with E-state index in [2.05, 4.69) is 9.72 Å². The van der Waals surface area contributed by atoms with E-state index >= 15 is 0 Å². The number of carbonyl (C=O) groups is 1. The van der Waals surface area contributed by atoms with Gasteiger partial charge >= 0.3 is 5.97 Å². The van der Waals surface area contributed by atoms with E-state index in [9.17, 15) is 4.79 Å². The molecule has 0 aliphatic carbocycles. The number of hydrogen-bond acceptors (Lipinski definition) is 4. The molecule has 0 unspecified atom stereocenters. The molecule has 0 radical (unpaired) electrons. The predicted octanol–water partition coefficient (Wildman–Crippen LogP) is 1.92. The van der Waals surface area contributed by atoms with Gasteiger partial charge in [0.15, 0.2) is 11.5 Å². The highest BCUT2D eigenvalue weighted by atomic mass is 16.5. The summed E-state index contributed by atoms with van der Waals surface area (Å²) < 4.78 is 9.92. The summed E-state index contributed by atoms with van der Waals surface area (Å²) in [5.74, 6) is 0.139. The highest BCUT2D eigenvalue weighted by molar-refractivity contribution is 6.01. The predicted molar refractivity (Wildman–Crippen MR) is 50.1 cm³/mol. The first-order chi connectivity index (χ1) is 6.72. The quantitative estimate of drug-likeness (QED) is 0.646. The summed E-state index contributed by atoms with van der Waals surface area (Å²) in [5, 5.41) is 0. The number of aryl methyl sites for hydroxylation is 1. The third-order valence-corrected chi connectivity index (χ3v) is 1.93. The van der Waals surface area contributed by atoms with Gasteiger partial charge in [-0.25, -0.2) is 9.78 Å². The first-order valence-electron chi connectivity index (χ1n) is 4.17. The van der Waals surface area contributed by atoms with Crippen LogP contribution in [0.1, 0.15) is 16.2 Å². The molecule has 0 aliphatic heterocycles. The molecule has 0 saturated heterocycles. The number of carbonyl (C=O) groups excluding carboxylic acids is 1. The number of benzene rings is 1. The van der Waals surface area contributed by atoms with Crippen molar-refractivity contribution in [2.24, 2.45) is 0 Å². The average molecular weight is 191 g/mol. The highest BCUT2D eigenvalue weighted by Gasteiger charge is 2.13. The van der Waals surface area contributed by atoms with Crippen LogP contribution >= 0.6 is 0 Å². The van der Waals surface area contributed by atoms with E-state index in [1.54, 1.807) is 25.1 Å². The molecule has 4 nitrogen and oxygen atoms in total. The Morgan fingerprint density at radius 1 is 1.50 bits per heavy atom. The molecule has 0 amide bonds. The summed E-state index contributed by atoms with van der Waals surface area (Å²) in [6.45, 7) is 1.74. The van der Waals surface area contributed by atoms with Crippen molar-refractivity contribution in [2.45, 2.75) is 6.92 Å². The molecule has 0 bridgehead atoms. The minimum Gasteiger partial charge on any atom is -0.465 e. The van der Waals surface area contributed by atoms with Crippen LogP contribution in [0.4, 0.5) is 0 Å². The van der Waals surface area contributed by atoms with Crippen molar-refractivity contribution in [3.05, 3.63) is 29.7 Å². The molecule has 1 aromatic carbocycles. The van der Waals surface area contributed by atoms with Gasteiger partial charge in [-0.3, -0.25) is 0 Å². The summed E-state index contributed by atoms with van der Waals surface area (Å²) in [4.78, 5) is 15.4. The van der Waals surface area contributed by atoms with E-state index < -0.39 is 5.97 Å². The zero-order valence-corrected chi connectivity index (χ0v) is 7.90. The SMILES string of the molecule is COC(=O)c1cccc2oc(C)nc12. The molecular formula is C10H9NO3. The van der Waals surface area contributed by atoms with Crippen molar-refractivity contribution in [1.29, 1.82) is 0 Å². The molecule has 0 N–H and O–H groups in total. The van der Waals surface area contributed by atoms with Gasteiger partial charge in [0.05, 0.1) is 12.7 Å². The van der Waals surface area contributed by atoms with E-state index in [1.165, 1.54) is 7.11 Å². The van der Waals surface area contributed by atoms with E-state index in [0.29, 0.717) is 22.6 Å². The first kappa shape index (κ1) is 8.74. The molecule has 0 aliphatic rings. The Morgan fingerprint density at radius 2 is 2.29 bits per heavy atom. The second kappa shape index (κ2) is 3.14. The Hall–Kier alpha value is -1.84. The lowest BCUT2D eigenvalue weighted by Crippen LogP contribution is -2.01. The number of methoxy groups -OCH3 is 1. The summed E-state index contributed by atoms with van der Waals surface area (Å²) >= 11 is 0. The van der Waals surface area contributed by atoms with Crippen LogP contribution in [0, 0.1) is 6.92 Å². The molecule has 14 heavy (non-hydrogen) atoms. The van der Waals surface area contributed by atoms with E-state index in [0.717, 1.165) is 0 Å². The molecule has 2 aromatic rings. The fourth-order valence-corrected chi connectivity index (χ4v) is 1.33.